The van der Waals surface area contributed by atoms with Gasteiger partial charge in [-0.15, -0.1) is 0 Å². The summed E-state index contributed by atoms with van der Waals surface area (Å²) in [7, 11) is 0. The standard InChI is InChI=1S/C12H23NO3S/c1-8(2)17-10-7-13(6-9(10)14)11(15)16-12(3,4)5/h8-10,14H,6-7H2,1-5H3/t9-,10-/m1/s1. The fraction of sp³-hybridized carbons (Fsp3) is 0.917. The number of rotatable bonds is 2. The first-order valence-electron chi connectivity index (χ1n) is 6.00. The molecule has 1 rings (SSSR count). The van der Waals surface area contributed by atoms with E-state index in [2.05, 4.69) is 13.8 Å². The molecule has 1 heterocycles. The molecule has 1 fully saturated rings. The van der Waals surface area contributed by atoms with Gasteiger partial charge in [0.05, 0.1) is 17.9 Å². The highest BCUT2D eigenvalue weighted by Gasteiger charge is 2.36. The van der Waals surface area contributed by atoms with E-state index in [4.69, 9.17) is 4.74 Å². The lowest BCUT2D eigenvalue weighted by Crippen LogP contribution is -2.36. The summed E-state index contributed by atoms with van der Waals surface area (Å²) in [4.78, 5) is 13.4. The van der Waals surface area contributed by atoms with Gasteiger partial charge in [-0.3, -0.25) is 0 Å². The molecule has 2 atom stereocenters. The van der Waals surface area contributed by atoms with Gasteiger partial charge in [0, 0.05) is 6.54 Å². The zero-order valence-corrected chi connectivity index (χ0v) is 12.1. The zero-order valence-electron chi connectivity index (χ0n) is 11.3. The number of nitrogens with zero attached hydrogens (tertiary/aromatic N) is 1. The van der Waals surface area contributed by atoms with Crippen LogP contribution in [0.15, 0.2) is 0 Å². The molecule has 0 aromatic carbocycles. The van der Waals surface area contributed by atoms with Gasteiger partial charge in [-0.2, -0.15) is 11.8 Å². The molecule has 0 aromatic rings. The van der Waals surface area contributed by atoms with Crippen molar-refractivity contribution in [1.82, 2.24) is 4.90 Å². The molecule has 0 saturated carbocycles. The van der Waals surface area contributed by atoms with Crippen LogP contribution in [0.4, 0.5) is 4.79 Å². The van der Waals surface area contributed by atoms with Gasteiger partial charge in [-0.1, -0.05) is 13.8 Å². The highest BCUT2D eigenvalue weighted by Crippen LogP contribution is 2.27. The summed E-state index contributed by atoms with van der Waals surface area (Å²) in [6.45, 7) is 10.7. The molecule has 0 spiro atoms. The Bertz CT molecular complexity index is 275. The van der Waals surface area contributed by atoms with Crippen LogP contribution in [-0.4, -0.2) is 51.4 Å². The quantitative estimate of drug-likeness (QED) is 0.827. The van der Waals surface area contributed by atoms with Crippen LogP contribution >= 0.6 is 11.8 Å². The lowest BCUT2D eigenvalue weighted by Gasteiger charge is -2.24. The molecule has 0 bridgehead atoms. The normalized spacial score (nSPS) is 25.5. The van der Waals surface area contributed by atoms with E-state index >= 15 is 0 Å². The number of amides is 1. The van der Waals surface area contributed by atoms with Gasteiger partial charge in [-0.25, -0.2) is 4.79 Å². The summed E-state index contributed by atoms with van der Waals surface area (Å²) in [5.41, 5.74) is -0.481. The SMILES string of the molecule is CC(C)S[C@@H]1CN(C(=O)OC(C)(C)C)C[C@H]1O. The second-order valence-corrected chi connectivity index (χ2v) is 7.50. The van der Waals surface area contributed by atoms with Gasteiger partial charge >= 0.3 is 6.09 Å². The minimum absolute atomic E-state index is 0.0996. The van der Waals surface area contributed by atoms with Gasteiger partial charge in [0.1, 0.15) is 5.60 Å². The number of likely N-dealkylation sites (tertiary alicyclic amines) is 1. The fourth-order valence-electron chi connectivity index (χ4n) is 1.72. The number of hydrogen-bond acceptors (Lipinski definition) is 4. The van der Waals surface area contributed by atoms with Crippen molar-refractivity contribution in [2.75, 3.05) is 13.1 Å². The summed E-state index contributed by atoms with van der Waals surface area (Å²) in [5.74, 6) is 0. The van der Waals surface area contributed by atoms with E-state index in [1.807, 2.05) is 20.8 Å². The lowest BCUT2D eigenvalue weighted by molar-refractivity contribution is 0.0270. The van der Waals surface area contributed by atoms with Crippen LogP contribution in [0, 0.1) is 0 Å². The molecular weight excluding hydrogens is 238 g/mol. The monoisotopic (exact) mass is 261 g/mol. The summed E-state index contributed by atoms with van der Waals surface area (Å²) in [6, 6.07) is 0. The number of aliphatic hydroxyl groups is 1. The molecule has 17 heavy (non-hydrogen) atoms. The zero-order chi connectivity index (χ0) is 13.2. The van der Waals surface area contributed by atoms with Crippen LogP contribution in [0.3, 0.4) is 0 Å². The lowest BCUT2D eigenvalue weighted by atomic mass is 10.2. The van der Waals surface area contributed by atoms with Crippen LogP contribution in [-0.2, 0) is 4.74 Å². The van der Waals surface area contributed by atoms with E-state index in [-0.39, 0.29) is 11.3 Å². The molecule has 0 aliphatic carbocycles. The van der Waals surface area contributed by atoms with E-state index in [9.17, 15) is 9.90 Å². The molecule has 1 saturated heterocycles. The van der Waals surface area contributed by atoms with Gasteiger partial charge in [-0.05, 0) is 26.0 Å². The molecule has 100 valence electrons. The molecule has 0 radical (unpaired) electrons. The third kappa shape index (κ3) is 4.76. The number of carbonyl (C=O) groups is 1. The minimum Gasteiger partial charge on any atom is -0.444 e. The van der Waals surface area contributed by atoms with Crippen molar-refractivity contribution in [3.8, 4) is 0 Å². The van der Waals surface area contributed by atoms with E-state index in [1.165, 1.54) is 0 Å². The molecule has 1 N–H and O–H groups in total. The topological polar surface area (TPSA) is 49.8 Å². The molecular formula is C12H23NO3S. The van der Waals surface area contributed by atoms with Gasteiger partial charge < -0.3 is 14.7 Å². The van der Waals surface area contributed by atoms with Gasteiger partial charge in [0.25, 0.3) is 0 Å². The molecule has 1 amide bonds. The van der Waals surface area contributed by atoms with Crippen LogP contribution < -0.4 is 0 Å². The maximum Gasteiger partial charge on any atom is 0.410 e. The van der Waals surface area contributed by atoms with Crippen molar-refractivity contribution in [2.24, 2.45) is 0 Å². The Labute approximate surface area is 108 Å². The van der Waals surface area contributed by atoms with E-state index < -0.39 is 11.7 Å². The Balaban J connectivity index is 2.51. The Kier molecular flexibility index (Phi) is 4.72. The number of thioether (sulfide) groups is 1. The highest BCUT2D eigenvalue weighted by molar-refractivity contribution is 8.00. The Hall–Kier alpha value is -0.420. The Morgan fingerprint density at radius 2 is 2.00 bits per heavy atom. The Morgan fingerprint density at radius 1 is 1.41 bits per heavy atom. The van der Waals surface area contributed by atoms with Crippen molar-refractivity contribution in [3.05, 3.63) is 0 Å². The van der Waals surface area contributed by atoms with Crippen molar-refractivity contribution in [3.63, 3.8) is 0 Å². The minimum atomic E-state index is -0.481. The largest absolute Gasteiger partial charge is 0.444 e. The molecule has 4 nitrogen and oxygen atoms in total. The maximum absolute atomic E-state index is 11.8. The first-order valence-corrected chi connectivity index (χ1v) is 6.95. The second-order valence-electron chi connectivity index (χ2n) is 5.68. The smallest absolute Gasteiger partial charge is 0.410 e. The van der Waals surface area contributed by atoms with Crippen molar-refractivity contribution in [2.45, 2.75) is 56.8 Å². The Morgan fingerprint density at radius 3 is 2.47 bits per heavy atom. The van der Waals surface area contributed by atoms with Gasteiger partial charge in [0.2, 0.25) is 0 Å². The third-order valence-electron chi connectivity index (χ3n) is 2.34. The predicted molar refractivity (Wildman–Crippen MR) is 70.3 cm³/mol. The highest BCUT2D eigenvalue weighted by atomic mass is 32.2. The van der Waals surface area contributed by atoms with Crippen LogP contribution in [0.5, 0.6) is 0 Å². The van der Waals surface area contributed by atoms with Crippen LogP contribution in [0.25, 0.3) is 0 Å². The fourth-order valence-corrected chi connectivity index (χ4v) is 2.95. The second kappa shape index (κ2) is 5.48. The van der Waals surface area contributed by atoms with Crippen molar-refractivity contribution >= 4 is 17.9 Å². The number of β-amino-alcohol motifs (C(OH)–C–C–N with tert-alkyl or cyclic N) is 1. The number of ether oxygens (including phenoxy) is 1. The van der Waals surface area contributed by atoms with E-state index in [0.717, 1.165) is 0 Å². The summed E-state index contributed by atoms with van der Waals surface area (Å²) in [6.07, 6.45) is -0.779. The molecule has 0 unspecified atom stereocenters. The molecule has 1 aliphatic heterocycles. The molecule has 1 aliphatic rings. The number of aliphatic hydroxyl groups excluding tert-OH is 1. The summed E-state index contributed by atoms with van der Waals surface area (Å²) in [5, 5.41) is 10.4. The van der Waals surface area contributed by atoms with E-state index in [1.54, 1.807) is 16.7 Å². The molecule has 0 aromatic heterocycles. The first-order chi connectivity index (χ1) is 7.69. The average Bonchev–Trinajstić information content (AvgIpc) is 2.44. The number of carbonyl (C=O) groups excluding carboxylic acids is 1. The molecule has 5 heteroatoms. The van der Waals surface area contributed by atoms with Crippen molar-refractivity contribution in [1.29, 1.82) is 0 Å². The average molecular weight is 261 g/mol. The summed E-state index contributed by atoms with van der Waals surface area (Å²) >= 11 is 1.71. The number of hydrogen-bond donors (Lipinski definition) is 1. The summed E-state index contributed by atoms with van der Waals surface area (Å²) < 4.78 is 5.29. The van der Waals surface area contributed by atoms with Crippen molar-refractivity contribution < 1.29 is 14.6 Å². The van der Waals surface area contributed by atoms with Crippen LogP contribution in [0.1, 0.15) is 34.6 Å². The maximum atomic E-state index is 11.8. The third-order valence-corrected chi connectivity index (χ3v) is 3.69. The predicted octanol–water partition coefficient (Wildman–Crippen LogP) is 2.11. The van der Waals surface area contributed by atoms with E-state index in [0.29, 0.717) is 18.3 Å². The van der Waals surface area contributed by atoms with Gasteiger partial charge in [0.15, 0.2) is 0 Å². The first kappa shape index (κ1) is 14.6. The van der Waals surface area contributed by atoms with Crippen LogP contribution in [0.2, 0.25) is 0 Å².